The van der Waals surface area contributed by atoms with Gasteiger partial charge in [0.1, 0.15) is 0 Å². The topological polar surface area (TPSA) is 60.9 Å². The van der Waals surface area contributed by atoms with Crippen molar-refractivity contribution in [3.05, 3.63) is 29.8 Å². The number of carboxylic acids is 1. The third-order valence-electron chi connectivity index (χ3n) is 3.14. The summed E-state index contributed by atoms with van der Waals surface area (Å²) in [6.07, 6.45) is 1.04. The van der Waals surface area contributed by atoms with Gasteiger partial charge >= 0.3 is 5.97 Å². The van der Waals surface area contributed by atoms with Gasteiger partial charge in [0.25, 0.3) is 0 Å². The van der Waals surface area contributed by atoms with Gasteiger partial charge in [0, 0.05) is 39.8 Å². The maximum absolute atomic E-state index is 11.9. The molecule has 0 fully saturated rings. The monoisotopic (exact) mass is 278 g/mol. The van der Waals surface area contributed by atoms with E-state index in [-0.39, 0.29) is 18.9 Å². The van der Waals surface area contributed by atoms with Gasteiger partial charge in [-0.3, -0.25) is 9.59 Å². The molecule has 0 atom stereocenters. The average Bonchev–Trinajstić information content (AvgIpc) is 2.42. The van der Waals surface area contributed by atoms with Crippen molar-refractivity contribution in [3.63, 3.8) is 0 Å². The number of rotatable bonds is 7. The highest BCUT2D eigenvalue weighted by Crippen LogP contribution is 2.15. The molecule has 5 nitrogen and oxygen atoms in total. The smallest absolute Gasteiger partial charge is 0.305 e. The normalized spacial score (nSPS) is 10.2. The third-order valence-corrected chi connectivity index (χ3v) is 3.14. The van der Waals surface area contributed by atoms with Crippen molar-refractivity contribution >= 4 is 17.6 Å². The molecule has 5 heteroatoms. The molecule has 1 aromatic carbocycles. The van der Waals surface area contributed by atoms with Crippen LogP contribution in [0.3, 0.4) is 0 Å². The van der Waals surface area contributed by atoms with E-state index in [1.165, 1.54) is 4.90 Å². The van der Waals surface area contributed by atoms with Crippen LogP contribution in [0, 0.1) is 0 Å². The minimum Gasteiger partial charge on any atom is -0.481 e. The average molecular weight is 278 g/mol. The minimum atomic E-state index is -0.886. The highest BCUT2D eigenvalue weighted by atomic mass is 16.4. The number of carbonyl (C=O) groups excluding carboxylic acids is 1. The van der Waals surface area contributed by atoms with Crippen molar-refractivity contribution in [2.75, 3.05) is 32.6 Å². The Morgan fingerprint density at radius 1 is 1.15 bits per heavy atom. The standard InChI is InChI=1S/C15H22N2O3/c1-16(2)13-6-4-5-12(11-13)7-8-14(18)17(3)10-9-15(19)20/h4-6,11H,7-10H2,1-3H3,(H,19,20). The molecule has 0 bridgehead atoms. The van der Waals surface area contributed by atoms with E-state index in [1.54, 1.807) is 7.05 Å². The van der Waals surface area contributed by atoms with E-state index in [0.29, 0.717) is 12.8 Å². The summed E-state index contributed by atoms with van der Waals surface area (Å²) in [4.78, 5) is 25.8. The fourth-order valence-corrected chi connectivity index (χ4v) is 1.82. The number of aryl methyl sites for hydroxylation is 1. The van der Waals surface area contributed by atoms with E-state index in [0.717, 1.165) is 11.3 Å². The van der Waals surface area contributed by atoms with E-state index >= 15 is 0 Å². The fourth-order valence-electron chi connectivity index (χ4n) is 1.82. The third kappa shape index (κ3) is 5.30. The molecule has 0 radical (unpaired) electrons. The molecular weight excluding hydrogens is 256 g/mol. The van der Waals surface area contributed by atoms with Crippen LogP contribution in [-0.4, -0.2) is 49.6 Å². The van der Waals surface area contributed by atoms with Gasteiger partial charge in [-0.2, -0.15) is 0 Å². The lowest BCUT2D eigenvalue weighted by molar-refractivity contribution is -0.138. The van der Waals surface area contributed by atoms with Gasteiger partial charge in [0.05, 0.1) is 6.42 Å². The number of anilines is 1. The van der Waals surface area contributed by atoms with Crippen molar-refractivity contribution < 1.29 is 14.7 Å². The Bertz CT molecular complexity index is 472. The van der Waals surface area contributed by atoms with E-state index in [2.05, 4.69) is 6.07 Å². The first-order valence-electron chi connectivity index (χ1n) is 6.62. The molecule has 0 aliphatic rings. The summed E-state index contributed by atoms with van der Waals surface area (Å²) in [6.45, 7) is 0.256. The number of aliphatic carboxylic acids is 1. The molecule has 0 unspecified atom stereocenters. The first-order valence-corrected chi connectivity index (χ1v) is 6.62. The quantitative estimate of drug-likeness (QED) is 0.823. The molecule has 0 heterocycles. The summed E-state index contributed by atoms with van der Waals surface area (Å²) in [7, 11) is 5.59. The number of nitrogens with zero attached hydrogens (tertiary/aromatic N) is 2. The van der Waals surface area contributed by atoms with Gasteiger partial charge in [-0.15, -0.1) is 0 Å². The molecular formula is C15H22N2O3. The van der Waals surface area contributed by atoms with Gasteiger partial charge < -0.3 is 14.9 Å². The Balaban J connectivity index is 2.48. The van der Waals surface area contributed by atoms with Crippen molar-refractivity contribution in [3.8, 4) is 0 Å². The summed E-state index contributed by atoms with van der Waals surface area (Å²) in [5.74, 6) is -0.912. The summed E-state index contributed by atoms with van der Waals surface area (Å²) >= 11 is 0. The molecule has 0 aromatic heterocycles. The second-order valence-corrected chi connectivity index (χ2v) is 5.02. The molecule has 1 aromatic rings. The number of carboxylic acid groups (broad SMARTS) is 1. The molecule has 1 amide bonds. The lowest BCUT2D eigenvalue weighted by Crippen LogP contribution is -2.29. The Kier molecular flexibility index (Phi) is 6.03. The number of hydrogen-bond donors (Lipinski definition) is 1. The molecule has 0 aliphatic carbocycles. The zero-order valence-corrected chi connectivity index (χ0v) is 12.3. The molecule has 110 valence electrons. The number of benzene rings is 1. The van der Waals surface area contributed by atoms with Crippen molar-refractivity contribution in [2.45, 2.75) is 19.3 Å². The largest absolute Gasteiger partial charge is 0.481 e. The Hall–Kier alpha value is -2.04. The SMILES string of the molecule is CN(CCC(=O)O)C(=O)CCc1cccc(N(C)C)c1. The molecule has 0 saturated carbocycles. The minimum absolute atomic E-state index is 0.0155. The highest BCUT2D eigenvalue weighted by Gasteiger charge is 2.10. The molecule has 20 heavy (non-hydrogen) atoms. The van der Waals surface area contributed by atoms with Crippen LogP contribution < -0.4 is 4.90 Å². The summed E-state index contributed by atoms with van der Waals surface area (Å²) in [6, 6.07) is 8.05. The molecule has 0 saturated heterocycles. The highest BCUT2D eigenvalue weighted by molar-refractivity contribution is 5.77. The van der Waals surface area contributed by atoms with Crippen LogP contribution in [0.25, 0.3) is 0 Å². The summed E-state index contributed by atoms with van der Waals surface area (Å²) in [5, 5.41) is 8.59. The Labute approximate surface area is 119 Å². The van der Waals surface area contributed by atoms with E-state index in [1.807, 2.05) is 37.2 Å². The second-order valence-electron chi connectivity index (χ2n) is 5.02. The predicted octanol–water partition coefficient (Wildman–Crippen LogP) is 1.62. The number of carbonyl (C=O) groups is 2. The van der Waals surface area contributed by atoms with Crippen LogP contribution >= 0.6 is 0 Å². The van der Waals surface area contributed by atoms with E-state index < -0.39 is 5.97 Å². The number of amides is 1. The van der Waals surface area contributed by atoms with E-state index in [9.17, 15) is 9.59 Å². The second kappa shape index (κ2) is 7.53. The van der Waals surface area contributed by atoms with Gasteiger partial charge in [-0.25, -0.2) is 0 Å². The molecule has 0 spiro atoms. The van der Waals surface area contributed by atoms with Crippen LogP contribution in [0.1, 0.15) is 18.4 Å². The maximum atomic E-state index is 11.9. The molecule has 1 N–H and O–H groups in total. The zero-order chi connectivity index (χ0) is 15.1. The fraction of sp³-hybridized carbons (Fsp3) is 0.467. The van der Waals surface area contributed by atoms with Crippen molar-refractivity contribution in [2.24, 2.45) is 0 Å². The predicted molar refractivity (Wildman–Crippen MR) is 79.0 cm³/mol. The van der Waals surface area contributed by atoms with Gasteiger partial charge in [-0.05, 0) is 24.1 Å². The zero-order valence-electron chi connectivity index (χ0n) is 12.3. The summed E-state index contributed by atoms with van der Waals surface area (Å²) < 4.78 is 0. The first kappa shape index (κ1) is 16.0. The van der Waals surface area contributed by atoms with Crippen molar-refractivity contribution in [1.82, 2.24) is 4.90 Å². The van der Waals surface area contributed by atoms with Gasteiger partial charge in [-0.1, -0.05) is 12.1 Å². The van der Waals surface area contributed by atoms with Gasteiger partial charge in [0.15, 0.2) is 0 Å². The first-order chi connectivity index (χ1) is 9.40. The summed E-state index contributed by atoms with van der Waals surface area (Å²) in [5.41, 5.74) is 2.21. The van der Waals surface area contributed by atoms with Gasteiger partial charge in [0.2, 0.25) is 5.91 Å². The molecule has 1 rings (SSSR count). The van der Waals surface area contributed by atoms with Crippen LogP contribution in [0.15, 0.2) is 24.3 Å². The van der Waals surface area contributed by atoms with Crippen LogP contribution in [0.2, 0.25) is 0 Å². The maximum Gasteiger partial charge on any atom is 0.305 e. The van der Waals surface area contributed by atoms with E-state index in [4.69, 9.17) is 5.11 Å². The Morgan fingerprint density at radius 2 is 1.85 bits per heavy atom. The Morgan fingerprint density at radius 3 is 2.45 bits per heavy atom. The lowest BCUT2D eigenvalue weighted by Gasteiger charge is -2.16. The van der Waals surface area contributed by atoms with Crippen LogP contribution in [0.4, 0.5) is 5.69 Å². The van der Waals surface area contributed by atoms with Crippen LogP contribution in [0.5, 0.6) is 0 Å². The lowest BCUT2D eigenvalue weighted by atomic mass is 10.1. The molecule has 0 aliphatic heterocycles. The van der Waals surface area contributed by atoms with Crippen LogP contribution in [-0.2, 0) is 16.0 Å². The number of hydrogen-bond acceptors (Lipinski definition) is 3. The van der Waals surface area contributed by atoms with Crippen molar-refractivity contribution in [1.29, 1.82) is 0 Å².